The second-order valence-corrected chi connectivity index (χ2v) is 3.30. The summed E-state index contributed by atoms with van der Waals surface area (Å²) in [6.07, 6.45) is 1.68. The fourth-order valence-corrected chi connectivity index (χ4v) is 1.23. The van der Waals surface area contributed by atoms with Gasteiger partial charge in [-0.05, 0) is 19.1 Å². The summed E-state index contributed by atoms with van der Waals surface area (Å²) in [5, 5.41) is 3.30. The van der Waals surface area contributed by atoms with E-state index in [1.165, 1.54) is 0 Å². The average Bonchev–Trinajstić information content (AvgIpc) is 2.76. The fraction of sp³-hybridized carbons (Fsp3) is 0.636. The predicted octanol–water partition coefficient (Wildman–Crippen LogP) is 1.59. The minimum absolute atomic E-state index is 0.228. The van der Waals surface area contributed by atoms with E-state index in [0.717, 1.165) is 12.3 Å². The highest BCUT2D eigenvalue weighted by Gasteiger charge is 2.05. The van der Waals surface area contributed by atoms with E-state index in [-0.39, 0.29) is 6.04 Å². The molecular weight excluding hydrogens is 194 g/mol. The lowest BCUT2D eigenvalue weighted by Gasteiger charge is -2.11. The van der Waals surface area contributed by atoms with Crippen LogP contribution < -0.4 is 5.32 Å². The minimum atomic E-state index is 0.228. The van der Waals surface area contributed by atoms with E-state index in [9.17, 15) is 0 Å². The number of ether oxygens (including phenoxy) is 2. The van der Waals surface area contributed by atoms with E-state index in [1.54, 1.807) is 13.4 Å². The Bertz CT molecular complexity index is 236. The predicted molar refractivity (Wildman–Crippen MR) is 57.8 cm³/mol. The van der Waals surface area contributed by atoms with E-state index >= 15 is 0 Å². The summed E-state index contributed by atoms with van der Waals surface area (Å²) < 4.78 is 15.5. The van der Waals surface area contributed by atoms with Crippen LogP contribution in [0.5, 0.6) is 0 Å². The molecule has 4 nitrogen and oxygen atoms in total. The number of nitrogens with one attached hydrogen (secondary N) is 1. The maximum Gasteiger partial charge on any atom is 0.120 e. The first kappa shape index (κ1) is 12.2. The smallest absolute Gasteiger partial charge is 0.120 e. The van der Waals surface area contributed by atoms with Gasteiger partial charge in [0.15, 0.2) is 0 Å². The minimum Gasteiger partial charge on any atom is -0.468 e. The van der Waals surface area contributed by atoms with E-state index < -0.39 is 0 Å². The molecule has 86 valence electrons. The van der Waals surface area contributed by atoms with Crippen molar-refractivity contribution in [1.82, 2.24) is 5.32 Å². The van der Waals surface area contributed by atoms with E-state index in [0.29, 0.717) is 19.8 Å². The van der Waals surface area contributed by atoms with Crippen molar-refractivity contribution in [2.24, 2.45) is 0 Å². The lowest BCUT2D eigenvalue weighted by atomic mass is 10.2. The van der Waals surface area contributed by atoms with Gasteiger partial charge in [0.05, 0.1) is 32.1 Å². The lowest BCUT2D eigenvalue weighted by molar-refractivity contribution is 0.0710. The first-order chi connectivity index (χ1) is 7.34. The fourth-order valence-electron chi connectivity index (χ4n) is 1.23. The van der Waals surface area contributed by atoms with E-state index in [1.807, 2.05) is 12.1 Å². The molecule has 0 saturated carbocycles. The summed E-state index contributed by atoms with van der Waals surface area (Å²) in [6.45, 7) is 4.86. The Morgan fingerprint density at radius 2 is 2.27 bits per heavy atom. The van der Waals surface area contributed by atoms with Gasteiger partial charge in [-0.25, -0.2) is 0 Å². The van der Waals surface area contributed by atoms with Crippen molar-refractivity contribution in [2.75, 3.05) is 33.5 Å². The molecule has 1 N–H and O–H groups in total. The molecule has 0 saturated heterocycles. The van der Waals surface area contributed by atoms with Gasteiger partial charge in [0.1, 0.15) is 5.76 Å². The van der Waals surface area contributed by atoms with Crippen LogP contribution in [0.3, 0.4) is 0 Å². The van der Waals surface area contributed by atoms with Crippen molar-refractivity contribution < 1.29 is 13.9 Å². The lowest BCUT2D eigenvalue weighted by Crippen LogP contribution is -2.23. The van der Waals surface area contributed by atoms with Gasteiger partial charge in [-0.2, -0.15) is 0 Å². The number of methoxy groups -OCH3 is 1. The van der Waals surface area contributed by atoms with Crippen LogP contribution >= 0.6 is 0 Å². The SMILES string of the molecule is COCCOCCN[C@H](C)c1ccco1. The number of rotatable bonds is 8. The third-order valence-electron chi connectivity index (χ3n) is 2.10. The average molecular weight is 213 g/mol. The van der Waals surface area contributed by atoms with Crippen LogP contribution in [0.2, 0.25) is 0 Å². The molecule has 1 aromatic rings. The van der Waals surface area contributed by atoms with Crippen molar-refractivity contribution in [3.05, 3.63) is 24.2 Å². The molecule has 0 aliphatic carbocycles. The molecule has 0 amide bonds. The van der Waals surface area contributed by atoms with Crippen LogP contribution in [-0.4, -0.2) is 33.5 Å². The number of furan rings is 1. The van der Waals surface area contributed by atoms with Crippen molar-refractivity contribution >= 4 is 0 Å². The molecule has 0 aliphatic heterocycles. The largest absolute Gasteiger partial charge is 0.468 e. The molecule has 0 unspecified atom stereocenters. The van der Waals surface area contributed by atoms with Crippen LogP contribution in [0.15, 0.2) is 22.8 Å². The van der Waals surface area contributed by atoms with Crippen LogP contribution in [0.4, 0.5) is 0 Å². The molecule has 1 rings (SSSR count). The second kappa shape index (κ2) is 7.45. The van der Waals surface area contributed by atoms with Gasteiger partial charge in [-0.1, -0.05) is 0 Å². The Hall–Kier alpha value is -0.840. The molecular formula is C11H19NO3. The third kappa shape index (κ3) is 4.97. The third-order valence-corrected chi connectivity index (χ3v) is 2.10. The second-order valence-electron chi connectivity index (χ2n) is 3.30. The van der Waals surface area contributed by atoms with Crippen molar-refractivity contribution in [3.8, 4) is 0 Å². The highest BCUT2D eigenvalue weighted by molar-refractivity contribution is 5.02. The summed E-state index contributed by atoms with van der Waals surface area (Å²) in [7, 11) is 1.67. The zero-order valence-electron chi connectivity index (χ0n) is 9.36. The first-order valence-electron chi connectivity index (χ1n) is 5.18. The molecule has 0 spiro atoms. The highest BCUT2D eigenvalue weighted by Crippen LogP contribution is 2.11. The standard InChI is InChI=1S/C11H19NO3/c1-10(11-4-3-6-15-11)12-5-7-14-9-8-13-2/h3-4,6,10,12H,5,7-9H2,1-2H3/t10-/m1/s1. The Balaban J connectivity index is 2.00. The zero-order valence-corrected chi connectivity index (χ0v) is 9.36. The van der Waals surface area contributed by atoms with Gasteiger partial charge in [-0.3, -0.25) is 0 Å². The Kier molecular flexibility index (Phi) is 6.08. The molecule has 0 bridgehead atoms. The van der Waals surface area contributed by atoms with Gasteiger partial charge in [0, 0.05) is 13.7 Å². The molecule has 0 aromatic carbocycles. The topological polar surface area (TPSA) is 43.6 Å². The summed E-state index contributed by atoms with van der Waals surface area (Å²) in [4.78, 5) is 0. The van der Waals surface area contributed by atoms with E-state index in [4.69, 9.17) is 13.9 Å². The van der Waals surface area contributed by atoms with Gasteiger partial charge in [0.2, 0.25) is 0 Å². The molecule has 0 fully saturated rings. The highest BCUT2D eigenvalue weighted by atomic mass is 16.5. The summed E-state index contributed by atoms with van der Waals surface area (Å²) in [5.74, 6) is 0.951. The number of hydrogen-bond acceptors (Lipinski definition) is 4. The molecule has 0 aliphatic rings. The van der Waals surface area contributed by atoms with Gasteiger partial charge < -0.3 is 19.2 Å². The van der Waals surface area contributed by atoms with Crippen LogP contribution in [0.1, 0.15) is 18.7 Å². The van der Waals surface area contributed by atoms with Crippen LogP contribution in [0.25, 0.3) is 0 Å². The quantitative estimate of drug-likeness (QED) is 0.666. The Morgan fingerprint density at radius 3 is 2.93 bits per heavy atom. The maximum absolute atomic E-state index is 5.32. The van der Waals surface area contributed by atoms with Gasteiger partial charge in [-0.15, -0.1) is 0 Å². The normalized spacial score (nSPS) is 12.9. The Morgan fingerprint density at radius 1 is 1.40 bits per heavy atom. The van der Waals surface area contributed by atoms with E-state index in [2.05, 4.69) is 12.2 Å². The zero-order chi connectivity index (χ0) is 10.9. The van der Waals surface area contributed by atoms with Crippen LogP contribution in [-0.2, 0) is 9.47 Å². The Labute approximate surface area is 90.6 Å². The molecule has 0 radical (unpaired) electrons. The van der Waals surface area contributed by atoms with Crippen molar-refractivity contribution in [2.45, 2.75) is 13.0 Å². The summed E-state index contributed by atoms with van der Waals surface area (Å²) in [5.41, 5.74) is 0. The van der Waals surface area contributed by atoms with Crippen molar-refractivity contribution in [1.29, 1.82) is 0 Å². The maximum atomic E-state index is 5.32. The van der Waals surface area contributed by atoms with Crippen molar-refractivity contribution in [3.63, 3.8) is 0 Å². The first-order valence-corrected chi connectivity index (χ1v) is 5.18. The molecule has 1 atom stereocenters. The molecule has 1 aromatic heterocycles. The number of hydrogen-bond donors (Lipinski definition) is 1. The molecule has 4 heteroatoms. The summed E-state index contributed by atoms with van der Waals surface area (Å²) in [6, 6.07) is 4.08. The van der Waals surface area contributed by atoms with Gasteiger partial charge in [0.25, 0.3) is 0 Å². The monoisotopic (exact) mass is 213 g/mol. The molecule has 15 heavy (non-hydrogen) atoms. The van der Waals surface area contributed by atoms with Crippen LogP contribution in [0, 0.1) is 0 Å². The summed E-state index contributed by atoms with van der Waals surface area (Å²) >= 11 is 0. The van der Waals surface area contributed by atoms with Gasteiger partial charge >= 0.3 is 0 Å². The molecule has 1 heterocycles.